The van der Waals surface area contributed by atoms with Crippen LogP contribution in [-0.4, -0.2) is 56.3 Å². The van der Waals surface area contributed by atoms with Gasteiger partial charge in [0.1, 0.15) is 16.8 Å². The highest BCUT2D eigenvalue weighted by Gasteiger charge is 2.51. The normalized spacial score (nSPS) is 18.0. The Morgan fingerprint density at radius 1 is 1.26 bits per heavy atom. The van der Waals surface area contributed by atoms with E-state index in [0.29, 0.717) is 41.6 Å². The van der Waals surface area contributed by atoms with Crippen LogP contribution in [0.3, 0.4) is 0 Å². The third-order valence-corrected chi connectivity index (χ3v) is 6.66. The molecule has 184 valence electrons. The molecule has 2 fully saturated rings. The summed E-state index contributed by atoms with van der Waals surface area (Å²) in [6, 6.07) is 5.39. The van der Waals surface area contributed by atoms with Crippen LogP contribution in [0.4, 0.5) is 5.69 Å². The first-order valence-corrected chi connectivity index (χ1v) is 12.1. The summed E-state index contributed by atoms with van der Waals surface area (Å²) in [5.74, 6) is -0.599. The molecule has 1 aliphatic heterocycles. The summed E-state index contributed by atoms with van der Waals surface area (Å²) in [5.41, 5.74) is 0.644. The van der Waals surface area contributed by atoms with E-state index in [9.17, 15) is 14.4 Å². The van der Waals surface area contributed by atoms with Gasteiger partial charge in [0.15, 0.2) is 0 Å². The van der Waals surface area contributed by atoms with Crippen molar-refractivity contribution in [3.8, 4) is 0 Å². The fourth-order valence-electron chi connectivity index (χ4n) is 4.13. The Kier molecular flexibility index (Phi) is 8.72. The summed E-state index contributed by atoms with van der Waals surface area (Å²) >= 11 is 6.26. The number of allylic oxidation sites excluding steroid dienone is 1. The van der Waals surface area contributed by atoms with Crippen molar-refractivity contribution in [2.45, 2.75) is 51.5 Å². The van der Waals surface area contributed by atoms with E-state index in [2.05, 4.69) is 20.5 Å². The van der Waals surface area contributed by atoms with Gasteiger partial charge in [-0.1, -0.05) is 30.7 Å². The van der Waals surface area contributed by atoms with Gasteiger partial charge < -0.3 is 20.3 Å². The lowest BCUT2D eigenvalue weighted by Crippen LogP contribution is -2.50. The van der Waals surface area contributed by atoms with Crippen molar-refractivity contribution in [1.82, 2.24) is 10.6 Å². The molecule has 34 heavy (non-hydrogen) atoms. The summed E-state index contributed by atoms with van der Waals surface area (Å²) in [6.07, 6.45) is 7.04. The van der Waals surface area contributed by atoms with Crippen LogP contribution >= 0.6 is 11.6 Å². The van der Waals surface area contributed by atoms with Gasteiger partial charge in [0, 0.05) is 25.8 Å². The number of benzene rings is 1. The van der Waals surface area contributed by atoms with Gasteiger partial charge in [-0.2, -0.15) is 0 Å². The Labute approximate surface area is 205 Å². The maximum absolute atomic E-state index is 12.8. The zero-order valence-corrected chi connectivity index (χ0v) is 20.8. The number of methoxy groups -OCH3 is 1. The fraction of sp³-hybridized carbons (Fsp3) is 0.520. The lowest BCUT2D eigenvalue weighted by Gasteiger charge is -2.35. The molecule has 0 atom stereocenters. The molecule has 2 N–H and O–H groups in total. The van der Waals surface area contributed by atoms with Gasteiger partial charge in [-0.05, 0) is 57.1 Å². The van der Waals surface area contributed by atoms with Crippen LogP contribution in [-0.2, 0) is 14.3 Å². The Hall–Kier alpha value is -2.87. The molecular formula is C25H33ClN4O4. The van der Waals surface area contributed by atoms with E-state index in [1.165, 1.54) is 7.11 Å². The van der Waals surface area contributed by atoms with E-state index >= 15 is 0 Å². The minimum Gasteiger partial charge on any atom is -0.465 e. The first-order valence-electron chi connectivity index (χ1n) is 11.8. The van der Waals surface area contributed by atoms with E-state index in [1.54, 1.807) is 25.3 Å². The van der Waals surface area contributed by atoms with Gasteiger partial charge in [-0.3, -0.25) is 14.6 Å². The molecule has 2 amide bonds. The molecule has 9 heteroatoms. The molecule has 0 bridgehead atoms. The maximum atomic E-state index is 12.8. The Morgan fingerprint density at radius 3 is 2.56 bits per heavy atom. The zero-order valence-electron chi connectivity index (χ0n) is 20.0. The number of amides is 2. The summed E-state index contributed by atoms with van der Waals surface area (Å²) in [4.78, 5) is 43.9. The van der Waals surface area contributed by atoms with E-state index in [1.807, 2.05) is 19.1 Å². The van der Waals surface area contributed by atoms with Crippen LogP contribution < -0.4 is 15.5 Å². The highest BCUT2D eigenvalue weighted by atomic mass is 35.5. The number of hydrogen-bond donors (Lipinski definition) is 2. The molecule has 1 aromatic carbocycles. The lowest BCUT2D eigenvalue weighted by molar-refractivity contribution is -0.128. The van der Waals surface area contributed by atoms with Crippen molar-refractivity contribution < 1.29 is 19.1 Å². The molecule has 0 radical (unpaired) electrons. The number of ether oxygens (including phenoxy) is 1. The SMILES string of the molecule is C/C=C(\N=CCC)C(=O)NC1(C(=O)NCC2CCN(c3cccc(Cl)c3C(=O)OC)CC2)CC1. The number of carbonyl (C=O) groups excluding carboxylic acids is 3. The van der Waals surface area contributed by atoms with Crippen LogP contribution in [0.2, 0.25) is 5.02 Å². The minimum atomic E-state index is -0.829. The zero-order chi connectivity index (χ0) is 24.7. The van der Waals surface area contributed by atoms with E-state index in [0.717, 1.165) is 38.0 Å². The van der Waals surface area contributed by atoms with Gasteiger partial charge in [-0.25, -0.2) is 4.79 Å². The smallest absolute Gasteiger partial charge is 0.341 e. The van der Waals surface area contributed by atoms with Crippen molar-refractivity contribution in [3.05, 3.63) is 40.6 Å². The second kappa shape index (κ2) is 11.5. The second-order valence-electron chi connectivity index (χ2n) is 8.70. The average Bonchev–Trinajstić information content (AvgIpc) is 3.63. The van der Waals surface area contributed by atoms with Crippen molar-refractivity contribution in [2.24, 2.45) is 10.9 Å². The molecule has 0 unspecified atom stereocenters. The van der Waals surface area contributed by atoms with E-state index in [4.69, 9.17) is 16.3 Å². The lowest BCUT2D eigenvalue weighted by atomic mass is 9.95. The topological polar surface area (TPSA) is 100 Å². The number of hydrogen-bond acceptors (Lipinski definition) is 6. The fourth-order valence-corrected chi connectivity index (χ4v) is 4.38. The number of nitrogens with zero attached hydrogens (tertiary/aromatic N) is 2. The molecule has 1 aromatic rings. The molecular weight excluding hydrogens is 456 g/mol. The quantitative estimate of drug-likeness (QED) is 0.315. The number of esters is 1. The number of halogens is 1. The predicted octanol–water partition coefficient (Wildman–Crippen LogP) is 3.49. The van der Waals surface area contributed by atoms with Crippen LogP contribution in [0.5, 0.6) is 0 Å². The van der Waals surface area contributed by atoms with Gasteiger partial charge in [0.05, 0.1) is 17.8 Å². The summed E-state index contributed by atoms with van der Waals surface area (Å²) < 4.78 is 4.90. The molecule has 0 spiro atoms. The van der Waals surface area contributed by atoms with Crippen molar-refractivity contribution in [3.63, 3.8) is 0 Å². The minimum absolute atomic E-state index is 0.138. The van der Waals surface area contributed by atoms with E-state index < -0.39 is 11.5 Å². The molecule has 2 aliphatic rings. The number of anilines is 1. The number of rotatable bonds is 9. The van der Waals surface area contributed by atoms with Crippen molar-refractivity contribution in [1.29, 1.82) is 0 Å². The molecule has 0 aromatic heterocycles. The van der Waals surface area contributed by atoms with E-state index in [-0.39, 0.29) is 11.8 Å². The predicted molar refractivity (Wildman–Crippen MR) is 133 cm³/mol. The first kappa shape index (κ1) is 25.7. The van der Waals surface area contributed by atoms with Crippen molar-refractivity contribution >= 4 is 41.3 Å². The Balaban J connectivity index is 1.52. The molecule has 1 heterocycles. The number of aliphatic imine (C=N–C) groups is 1. The average molecular weight is 489 g/mol. The largest absolute Gasteiger partial charge is 0.465 e. The summed E-state index contributed by atoms with van der Waals surface area (Å²) in [5, 5.41) is 6.28. The van der Waals surface area contributed by atoms with Crippen LogP contribution in [0, 0.1) is 5.92 Å². The molecule has 1 saturated heterocycles. The highest BCUT2D eigenvalue weighted by Crippen LogP contribution is 2.36. The van der Waals surface area contributed by atoms with Gasteiger partial charge in [0.25, 0.3) is 5.91 Å². The van der Waals surface area contributed by atoms with Crippen LogP contribution in [0.25, 0.3) is 0 Å². The summed E-state index contributed by atoms with van der Waals surface area (Å²) in [7, 11) is 1.34. The van der Waals surface area contributed by atoms with Gasteiger partial charge >= 0.3 is 5.97 Å². The number of piperidine rings is 1. The molecule has 1 saturated carbocycles. The van der Waals surface area contributed by atoms with Gasteiger partial charge in [-0.15, -0.1) is 0 Å². The van der Waals surface area contributed by atoms with Crippen LogP contribution in [0.15, 0.2) is 35.0 Å². The third-order valence-electron chi connectivity index (χ3n) is 6.34. The number of carbonyl (C=O) groups is 3. The highest BCUT2D eigenvalue weighted by molar-refractivity contribution is 6.34. The number of nitrogens with one attached hydrogen (secondary N) is 2. The maximum Gasteiger partial charge on any atom is 0.341 e. The summed E-state index contributed by atoms with van der Waals surface area (Å²) in [6.45, 7) is 5.74. The first-order chi connectivity index (χ1) is 16.3. The molecule has 3 rings (SSSR count). The second-order valence-corrected chi connectivity index (χ2v) is 9.10. The monoisotopic (exact) mass is 488 g/mol. The van der Waals surface area contributed by atoms with Gasteiger partial charge in [0.2, 0.25) is 5.91 Å². The third kappa shape index (κ3) is 5.97. The molecule has 8 nitrogen and oxygen atoms in total. The van der Waals surface area contributed by atoms with Crippen LogP contribution in [0.1, 0.15) is 56.3 Å². The van der Waals surface area contributed by atoms with Crippen molar-refractivity contribution in [2.75, 3.05) is 31.6 Å². The Morgan fingerprint density at radius 2 is 1.97 bits per heavy atom. The Bertz CT molecular complexity index is 979. The molecule has 1 aliphatic carbocycles. The standard InChI is InChI=1S/C25H33ClN4O4/c1-4-13-27-19(5-2)22(31)29-25(11-12-25)24(33)28-16-17-9-14-30(15-10-17)20-8-6-7-18(26)21(20)23(32)34-3/h5-8,13,17H,4,9-12,14-16H2,1-3H3,(H,28,33)(H,29,31)/b19-5-,27-13?.